The molecule has 0 fully saturated rings. The summed E-state index contributed by atoms with van der Waals surface area (Å²) in [7, 11) is 0. The topological polar surface area (TPSA) is 29.1 Å². The molecule has 25 heavy (non-hydrogen) atoms. The van der Waals surface area contributed by atoms with Gasteiger partial charge >= 0.3 is 12.4 Å². The molecule has 1 N–H and O–H groups in total. The van der Waals surface area contributed by atoms with E-state index in [9.17, 15) is 31.1 Å². The molecule has 0 saturated carbocycles. The molecule has 0 aliphatic carbocycles. The molecule has 2 aromatic rings. The molecule has 1 aromatic carbocycles. The quantitative estimate of drug-likeness (QED) is 0.489. The maximum absolute atomic E-state index is 12.7. The van der Waals surface area contributed by atoms with Crippen LogP contribution in [-0.2, 0) is 12.4 Å². The van der Waals surface area contributed by atoms with E-state index in [1.807, 2.05) is 0 Å². The Kier molecular flexibility index (Phi) is 5.83. The predicted octanol–water partition coefficient (Wildman–Crippen LogP) is 6.26. The molecular weight excluding hydrogens is 388 g/mol. The maximum atomic E-state index is 12.7. The van der Waals surface area contributed by atoms with Crippen molar-refractivity contribution in [3.05, 3.63) is 57.9 Å². The standard InChI is InChI=1S/C15H9F6NOS2/c16-14(17,18)10-5-11(15(19,20)21)7-12(6-10)25-13(23)22-3-1-9-2-4-24-8-9/h1-8H,(H,22,23)/b3-1+. The van der Waals surface area contributed by atoms with Crippen LogP contribution in [0, 0.1) is 0 Å². The van der Waals surface area contributed by atoms with Crippen molar-refractivity contribution in [3.8, 4) is 0 Å². The number of carbonyl (C=O) groups is 1. The lowest BCUT2D eigenvalue weighted by atomic mass is 10.1. The number of nitrogens with one attached hydrogen (secondary N) is 1. The van der Waals surface area contributed by atoms with Crippen LogP contribution in [0.5, 0.6) is 0 Å². The van der Waals surface area contributed by atoms with Gasteiger partial charge in [0.1, 0.15) is 0 Å². The number of benzene rings is 1. The number of halogens is 6. The molecule has 0 radical (unpaired) electrons. The molecule has 1 amide bonds. The van der Waals surface area contributed by atoms with Gasteiger partial charge in [0.05, 0.1) is 11.1 Å². The fraction of sp³-hybridized carbons (Fsp3) is 0.133. The monoisotopic (exact) mass is 397 g/mol. The highest BCUT2D eigenvalue weighted by Crippen LogP contribution is 2.38. The number of amides is 1. The van der Waals surface area contributed by atoms with E-state index in [1.165, 1.54) is 17.5 Å². The van der Waals surface area contributed by atoms with Crippen molar-refractivity contribution in [3.63, 3.8) is 0 Å². The van der Waals surface area contributed by atoms with Crippen LogP contribution in [0.25, 0.3) is 6.08 Å². The van der Waals surface area contributed by atoms with Gasteiger partial charge in [0.15, 0.2) is 0 Å². The SMILES string of the molecule is O=C(N/C=C/c1ccsc1)Sc1cc(C(F)(F)F)cc(C(F)(F)F)c1. The van der Waals surface area contributed by atoms with Gasteiger partial charge in [0, 0.05) is 11.1 Å². The lowest BCUT2D eigenvalue weighted by molar-refractivity contribution is -0.143. The minimum atomic E-state index is -4.95. The Morgan fingerprint density at radius 2 is 1.64 bits per heavy atom. The number of thioether (sulfide) groups is 1. The Morgan fingerprint density at radius 3 is 2.12 bits per heavy atom. The van der Waals surface area contributed by atoms with Gasteiger partial charge in [-0.3, -0.25) is 4.79 Å². The van der Waals surface area contributed by atoms with Crippen LogP contribution in [0.3, 0.4) is 0 Å². The molecule has 0 saturated heterocycles. The normalized spacial score (nSPS) is 12.6. The third-order valence-electron chi connectivity index (χ3n) is 2.79. The van der Waals surface area contributed by atoms with Crippen LogP contribution in [0.1, 0.15) is 16.7 Å². The van der Waals surface area contributed by atoms with Crippen molar-refractivity contribution in [2.24, 2.45) is 0 Å². The number of rotatable bonds is 3. The Labute approximate surface area is 146 Å². The third-order valence-corrected chi connectivity index (χ3v) is 4.27. The van der Waals surface area contributed by atoms with Gasteiger partial charge in [-0.15, -0.1) is 0 Å². The van der Waals surface area contributed by atoms with Gasteiger partial charge in [0.25, 0.3) is 5.24 Å². The minimum absolute atomic E-state index is 0.0123. The van der Waals surface area contributed by atoms with Crippen molar-refractivity contribution in [1.82, 2.24) is 5.32 Å². The first-order valence-electron chi connectivity index (χ1n) is 6.52. The average molecular weight is 397 g/mol. The number of carbonyl (C=O) groups excluding carboxylic acids is 1. The van der Waals surface area contributed by atoms with E-state index in [-0.39, 0.29) is 17.8 Å². The fourth-order valence-electron chi connectivity index (χ4n) is 1.70. The summed E-state index contributed by atoms with van der Waals surface area (Å²) in [6.45, 7) is 0. The first-order chi connectivity index (χ1) is 11.6. The highest BCUT2D eigenvalue weighted by Gasteiger charge is 2.37. The van der Waals surface area contributed by atoms with Crippen molar-refractivity contribution in [2.75, 3.05) is 0 Å². The van der Waals surface area contributed by atoms with Crippen LogP contribution in [0.4, 0.5) is 31.1 Å². The predicted molar refractivity (Wildman–Crippen MR) is 84.2 cm³/mol. The van der Waals surface area contributed by atoms with Gasteiger partial charge in [-0.2, -0.15) is 37.7 Å². The van der Waals surface area contributed by atoms with Gasteiger partial charge in [0.2, 0.25) is 0 Å². The zero-order valence-electron chi connectivity index (χ0n) is 12.1. The molecule has 2 nitrogen and oxygen atoms in total. The third kappa shape index (κ3) is 5.82. The first kappa shape index (κ1) is 19.4. The summed E-state index contributed by atoms with van der Waals surface area (Å²) in [5.41, 5.74) is -2.13. The van der Waals surface area contributed by atoms with Crippen LogP contribution >= 0.6 is 23.1 Å². The lowest BCUT2D eigenvalue weighted by Gasteiger charge is -2.13. The van der Waals surface area contributed by atoms with Crippen molar-refractivity contribution < 1.29 is 31.1 Å². The molecule has 0 unspecified atom stereocenters. The molecule has 0 aliphatic heterocycles. The highest BCUT2D eigenvalue weighted by atomic mass is 32.2. The number of hydrogen-bond acceptors (Lipinski definition) is 3. The summed E-state index contributed by atoms with van der Waals surface area (Å²) in [6, 6.07) is 2.78. The van der Waals surface area contributed by atoms with E-state index in [4.69, 9.17) is 0 Å². The molecule has 0 atom stereocenters. The summed E-state index contributed by atoms with van der Waals surface area (Å²) in [5.74, 6) is 0. The molecule has 134 valence electrons. The van der Waals surface area contributed by atoms with Gasteiger partial charge in [-0.05, 0) is 58.4 Å². The Balaban J connectivity index is 2.16. The molecule has 0 bridgehead atoms. The summed E-state index contributed by atoms with van der Waals surface area (Å²) < 4.78 is 76.5. The summed E-state index contributed by atoms with van der Waals surface area (Å²) in [4.78, 5) is 11.2. The highest BCUT2D eigenvalue weighted by molar-refractivity contribution is 8.13. The maximum Gasteiger partial charge on any atom is 0.416 e. The molecule has 2 rings (SSSR count). The summed E-state index contributed by atoms with van der Waals surface area (Å²) >= 11 is 1.67. The van der Waals surface area contributed by atoms with Crippen molar-refractivity contribution >= 4 is 34.4 Å². The largest absolute Gasteiger partial charge is 0.416 e. The van der Waals surface area contributed by atoms with E-state index in [0.717, 1.165) is 5.56 Å². The van der Waals surface area contributed by atoms with E-state index >= 15 is 0 Å². The molecule has 10 heteroatoms. The lowest BCUT2D eigenvalue weighted by Crippen LogP contribution is -2.13. The first-order valence-corrected chi connectivity index (χ1v) is 8.28. The van der Waals surface area contributed by atoms with Crippen LogP contribution in [0.2, 0.25) is 0 Å². The van der Waals surface area contributed by atoms with E-state index in [1.54, 1.807) is 22.9 Å². The van der Waals surface area contributed by atoms with E-state index in [0.29, 0.717) is 12.1 Å². The second-order valence-corrected chi connectivity index (χ2v) is 6.49. The molecule has 1 aromatic heterocycles. The Morgan fingerprint density at radius 1 is 1.04 bits per heavy atom. The summed E-state index contributed by atoms with van der Waals surface area (Å²) in [6.07, 6.45) is -7.10. The minimum Gasteiger partial charge on any atom is -0.323 e. The number of alkyl halides is 6. The second-order valence-electron chi connectivity index (χ2n) is 4.67. The number of thiophene rings is 1. The molecule has 0 spiro atoms. The van der Waals surface area contributed by atoms with Gasteiger partial charge in [-0.25, -0.2) is 0 Å². The van der Waals surface area contributed by atoms with Gasteiger partial charge < -0.3 is 5.32 Å². The van der Waals surface area contributed by atoms with E-state index in [2.05, 4.69) is 5.32 Å². The molecule has 1 heterocycles. The van der Waals surface area contributed by atoms with Crippen molar-refractivity contribution in [2.45, 2.75) is 17.2 Å². The Bertz CT molecular complexity index is 733. The van der Waals surface area contributed by atoms with Crippen LogP contribution in [-0.4, -0.2) is 5.24 Å². The van der Waals surface area contributed by atoms with Gasteiger partial charge in [-0.1, -0.05) is 0 Å². The Hall–Kier alpha value is -1.94. The van der Waals surface area contributed by atoms with Crippen LogP contribution in [0.15, 0.2) is 46.1 Å². The molecular formula is C15H9F6NOS2. The zero-order valence-corrected chi connectivity index (χ0v) is 13.7. The van der Waals surface area contributed by atoms with Crippen molar-refractivity contribution in [1.29, 1.82) is 0 Å². The zero-order chi connectivity index (χ0) is 18.7. The average Bonchev–Trinajstić information content (AvgIpc) is 2.98. The summed E-state index contributed by atoms with van der Waals surface area (Å²) in [5, 5.41) is 5.06. The number of hydrogen-bond donors (Lipinski definition) is 1. The van der Waals surface area contributed by atoms with E-state index < -0.39 is 33.6 Å². The van der Waals surface area contributed by atoms with Crippen LogP contribution < -0.4 is 5.32 Å². The fourth-order valence-corrected chi connectivity index (χ4v) is 3.04. The second kappa shape index (κ2) is 7.52. The molecule has 0 aliphatic rings. The smallest absolute Gasteiger partial charge is 0.323 e.